The van der Waals surface area contributed by atoms with Crippen LogP contribution in [-0.2, 0) is 19.6 Å². The number of nitrogens with zero attached hydrogens (tertiary/aromatic N) is 2. The van der Waals surface area contributed by atoms with Crippen LogP contribution in [0.1, 0.15) is 24.2 Å². The summed E-state index contributed by atoms with van der Waals surface area (Å²) < 4.78 is 23.9. The highest BCUT2D eigenvalue weighted by Crippen LogP contribution is 2.23. The number of para-hydroxylation sites is 1. The van der Waals surface area contributed by atoms with E-state index in [0.717, 1.165) is 0 Å². The maximum Gasteiger partial charge on any atom is 0.264 e. The lowest BCUT2D eigenvalue weighted by atomic mass is 10.2. The van der Waals surface area contributed by atoms with Crippen LogP contribution in [0.2, 0.25) is 0 Å². The van der Waals surface area contributed by atoms with E-state index in [1.807, 2.05) is 6.92 Å². The van der Waals surface area contributed by atoms with Crippen LogP contribution >= 0.6 is 0 Å². The molecule has 0 aliphatic carbocycles. The zero-order chi connectivity index (χ0) is 13.0. The van der Waals surface area contributed by atoms with Crippen molar-refractivity contribution in [2.24, 2.45) is 5.73 Å². The van der Waals surface area contributed by atoms with Crippen LogP contribution in [0, 0.1) is 5.82 Å². The van der Waals surface area contributed by atoms with Crippen molar-refractivity contribution in [3.63, 3.8) is 0 Å². The van der Waals surface area contributed by atoms with E-state index >= 15 is 0 Å². The van der Waals surface area contributed by atoms with Crippen molar-refractivity contribution in [2.75, 3.05) is 0 Å². The summed E-state index contributed by atoms with van der Waals surface area (Å²) in [5, 5.41) is 3.73. The van der Waals surface area contributed by atoms with Gasteiger partial charge in [0.2, 0.25) is 0 Å². The van der Waals surface area contributed by atoms with Crippen LogP contribution < -0.4 is 10.5 Å². The molecule has 1 aromatic heterocycles. The van der Waals surface area contributed by atoms with Crippen LogP contribution in [0.15, 0.2) is 22.7 Å². The first-order valence-electron chi connectivity index (χ1n) is 5.66. The lowest BCUT2D eigenvalue weighted by Crippen LogP contribution is -2.04. The molecule has 6 heteroatoms. The first kappa shape index (κ1) is 12.5. The van der Waals surface area contributed by atoms with Gasteiger partial charge >= 0.3 is 0 Å². The molecule has 1 aromatic carbocycles. The van der Waals surface area contributed by atoms with Crippen molar-refractivity contribution in [3.8, 4) is 5.75 Å². The summed E-state index contributed by atoms with van der Waals surface area (Å²) in [5.74, 6) is 0.601. The molecule has 96 valence electrons. The predicted octanol–water partition coefficient (Wildman–Crippen LogP) is 1.81. The minimum atomic E-state index is -0.451. The molecule has 0 aliphatic rings. The number of hydrogen-bond donors (Lipinski definition) is 1. The molecular weight excluding hydrogens is 237 g/mol. The van der Waals surface area contributed by atoms with Crippen LogP contribution in [-0.4, -0.2) is 10.1 Å². The van der Waals surface area contributed by atoms with Gasteiger partial charge in [0.1, 0.15) is 0 Å². The summed E-state index contributed by atoms with van der Waals surface area (Å²) in [6.07, 6.45) is 0.678. The average Bonchev–Trinajstić information content (AvgIpc) is 2.85. The quantitative estimate of drug-likeness (QED) is 0.877. The van der Waals surface area contributed by atoms with E-state index < -0.39 is 5.82 Å². The number of halogens is 1. The van der Waals surface area contributed by atoms with E-state index in [2.05, 4.69) is 10.1 Å². The Kier molecular flexibility index (Phi) is 3.88. The summed E-state index contributed by atoms with van der Waals surface area (Å²) >= 11 is 0. The predicted molar refractivity (Wildman–Crippen MR) is 62.3 cm³/mol. The monoisotopic (exact) mass is 251 g/mol. The highest BCUT2D eigenvalue weighted by atomic mass is 19.1. The summed E-state index contributed by atoms with van der Waals surface area (Å²) in [4.78, 5) is 4.07. The molecule has 5 nitrogen and oxygen atoms in total. The number of nitrogens with two attached hydrogens (primary N) is 1. The Bertz CT molecular complexity index is 528. The second-order valence-corrected chi connectivity index (χ2v) is 3.68. The molecule has 1 heterocycles. The first-order chi connectivity index (χ1) is 8.74. The van der Waals surface area contributed by atoms with Gasteiger partial charge in [0.05, 0.1) is 0 Å². The Morgan fingerprint density at radius 2 is 2.28 bits per heavy atom. The molecule has 0 saturated heterocycles. The standard InChI is InChI=1S/C12H14FN3O2/c1-2-10-15-11(18-16-10)7-17-12-8(6-14)4-3-5-9(12)13/h3-5H,2,6-7,14H2,1H3. The molecule has 2 rings (SSSR count). The molecule has 0 amide bonds. The summed E-state index contributed by atoms with van der Waals surface area (Å²) in [6.45, 7) is 2.15. The summed E-state index contributed by atoms with van der Waals surface area (Å²) in [7, 11) is 0. The molecule has 0 aliphatic heterocycles. The third-order valence-corrected chi connectivity index (χ3v) is 2.43. The second kappa shape index (κ2) is 5.59. The van der Waals surface area contributed by atoms with Gasteiger partial charge in [-0.2, -0.15) is 4.98 Å². The van der Waals surface area contributed by atoms with Gasteiger partial charge in [-0.15, -0.1) is 0 Å². The molecule has 0 spiro atoms. The number of ether oxygens (including phenoxy) is 1. The lowest BCUT2D eigenvalue weighted by Gasteiger charge is -2.09. The number of hydrogen-bond acceptors (Lipinski definition) is 5. The van der Waals surface area contributed by atoms with Gasteiger partial charge in [-0.1, -0.05) is 24.2 Å². The van der Waals surface area contributed by atoms with Crippen molar-refractivity contribution >= 4 is 0 Å². The molecular formula is C12H14FN3O2. The van der Waals surface area contributed by atoms with Gasteiger partial charge in [-0.05, 0) is 6.07 Å². The smallest absolute Gasteiger partial charge is 0.264 e. The maximum absolute atomic E-state index is 13.6. The van der Waals surface area contributed by atoms with E-state index in [9.17, 15) is 4.39 Å². The molecule has 0 bridgehead atoms. The van der Waals surface area contributed by atoms with Gasteiger partial charge in [0.15, 0.2) is 24.0 Å². The van der Waals surface area contributed by atoms with Crippen molar-refractivity contribution < 1.29 is 13.7 Å². The SMILES string of the molecule is CCc1noc(COc2c(F)cccc2CN)n1. The molecule has 2 N–H and O–H groups in total. The third kappa shape index (κ3) is 2.65. The fourth-order valence-electron chi connectivity index (χ4n) is 1.50. The van der Waals surface area contributed by atoms with Crippen molar-refractivity contribution in [3.05, 3.63) is 41.3 Å². The summed E-state index contributed by atoms with van der Waals surface area (Å²) in [6, 6.07) is 4.62. The molecule has 18 heavy (non-hydrogen) atoms. The van der Waals surface area contributed by atoms with Crippen molar-refractivity contribution in [1.29, 1.82) is 0 Å². The van der Waals surface area contributed by atoms with E-state index in [0.29, 0.717) is 23.7 Å². The minimum absolute atomic E-state index is 0.0287. The number of aryl methyl sites for hydroxylation is 1. The Balaban J connectivity index is 2.10. The minimum Gasteiger partial charge on any atom is -0.480 e. The average molecular weight is 251 g/mol. The Morgan fingerprint density at radius 1 is 1.44 bits per heavy atom. The van der Waals surface area contributed by atoms with Crippen LogP contribution in [0.25, 0.3) is 0 Å². The van der Waals surface area contributed by atoms with Gasteiger partial charge in [-0.25, -0.2) is 4.39 Å². The van der Waals surface area contributed by atoms with Gasteiger partial charge in [0, 0.05) is 18.5 Å². The number of benzene rings is 1. The molecule has 2 aromatic rings. The molecule has 0 atom stereocenters. The normalized spacial score (nSPS) is 10.6. The Hall–Kier alpha value is -1.95. The van der Waals surface area contributed by atoms with Gasteiger partial charge in [-0.3, -0.25) is 0 Å². The highest BCUT2D eigenvalue weighted by molar-refractivity contribution is 5.34. The fraction of sp³-hybridized carbons (Fsp3) is 0.333. The fourth-order valence-corrected chi connectivity index (χ4v) is 1.50. The van der Waals surface area contributed by atoms with Gasteiger partial charge < -0.3 is 15.0 Å². The molecule has 0 unspecified atom stereocenters. The molecule has 0 radical (unpaired) electrons. The maximum atomic E-state index is 13.6. The largest absolute Gasteiger partial charge is 0.480 e. The molecule has 0 saturated carbocycles. The van der Waals surface area contributed by atoms with E-state index in [1.54, 1.807) is 12.1 Å². The van der Waals surface area contributed by atoms with E-state index in [1.165, 1.54) is 6.07 Å². The molecule has 0 fully saturated rings. The number of aromatic nitrogens is 2. The zero-order valence-electron chi connectivity index (χ0n) is 10.0. The Labute approximate surface area is 104 Å². The van der Waals surface area contributed by atoms with E-state index in [-0.39, 0.29) is 18.9 Å². The van der Waals surface area contributed by atoms with Crippen molar-refractivity contribution in [2.45, 2.75) is 26.5 Å². The van der Waals surface area contributed by atoms with Gasteiger partial charge in [0.25, 0.3) is 5.89 Å². The third-order valence-electron chi connectivity index (χ3n) is 2.43. The van der Waals surface area contributed by atoms with E-state index in [4.69, 9.17) is 15.0 Å². The number of rotatable bonds is 5. The summed E-state index contributed by atoms with van der Waals surface area (Å²) in [5.41, 5.74) is 6.12. The Morgan fingerprint density at radius 3 is 2.94 bits per heavy atom. The van der Waals surface area contributed by atoms with Crippen LogP contribution in [0.4, 0.5) is 4.39 Å². The van der Waals surface area contributed by atoms with Crippen LogP contribution in [0.5, 0.6) is 5.75 Å². The van der Waals surface area contributed by atoms with Crippen LogP contribution in [0.3, 0.4) is 0 Å². The zero-order valence-corrected chi connectivity index (χ0v) is 10.0. The lowest BCUT2D eigenvalue weighted by molar-refractivity contribution is 0.232. The van der Waals surface area contributed by atoms with Crippen molar-refractivity contribution in [1.82, 2.24) is 10.1 Å². The topological polar surface area (TPSA) is 74.2 Å². The highest BCUT2D eigenvalue weighted by Gasteiger charge is 2.11. The first-order valence-corrected chi connectivity index (χ1v) is 5.66. The second-order valence-electron chi connectivity index (χ2n) is 3.68.